The summed E-state index contributed by atoms with van der Waals surface area (Å²) >= 11 is 0. The molecule has 0 radical (unpaired) electrons. The van der Waals surface area contributed by atoms with E-state index >= 15 is 0 Å². The van der Waals surface area contributed by atoms with Crippen molar-refractivity contribution in [1.82, 2.24) is 15.0 Å². The molecule has 0 saturated carbocycles. The Morgan fingerprint density at radius 3 is 2.52 bits per heavy atom. The van der Waals surface area contributed by atoms with Crippen LogP contribution in [-0.4, -0.2) is 46.1 Å². The number of amides is 3. The van der Waals surface area contributed by atoms with Gasteiger partial charge in [-0.1, -0.05) is 20.3 Å². The summed E-state index contributed by atoms with van der Waals surface area (Å²) in [5.74, 6) is 0.359. The minimum atomic E-state index is -0.595. The van der Waals surface area contributed by atoms with Crippen LogP contribution in [0.5, 0.6) is 0 Å². The van der Waals surface area contributed by atoms with Gasteiger partial charge in [-0.15, -0.1) is 12.4 Å². The Morgan fingerprint density at radius 1 is 1.28 bits per heavy atom. The van der Waals surface area contributed by atoms with Crippen LogP contribution in [0.1, 0.15) is 37.9 Å². The summed E-state index contributed by atoms with van der Waals surface area (Å²) in [6.07, 6.45) is 1.56. The van der Waals surface area contributed by atoms with E-state index in [2.05, 4.69) is 10.3 Å². The summed E-state index contributed by atoms with van der Waals surface area (Å²) in [6, 6.07) is 2.79. The molecule has 140 valence electrons. The molecule has 2 heterocycles. The Morgan fingerprint density at radius 2 is 1.92 bits per heavy atom. The minimum Gasteiger partial charge on any atom is -0.320 e. The van der Waals surface area contributed by atoms with Crippen LogP contribution in [0.2, 0.25) is 0 Å². The van der Waals surface area contributed by atoms with E-state index in [9.17, 15) is 9.59 Å². The largest absolute Gasteiger partial charge is 0.341 e. The lowest BCUT2D eigenvalue weighted by molar-refractivity contribution is -0.142. The molecule has 1 aromatic rings. The van der Waals surface area contributed by atoms with Crippen LogP contribution in [0.3, 0.4) is 0 Å². The maximum Gasteiger partial charge on any atom is 0.341 e. The van der Waals surface area contributed by atoms with Gasteiger partial charge in [0.05, 0.1) is 6.04 Å². The molecule has 0 bridgehead atoms. The number of nitrogens with two attached hydrogens (primary N) is 1. The number of anilines is 1. The number of pyridine rings is 1. The first kappa shape index (κ1) is 21.2. The fourth-order valence-electron chi connectivity index (χ4n) is 2.80. The van der Waals surface area contributed by atoms with Crippen molar-refractivity contribution in [2.45, 2.75) is 46.6 Å². The highest BCUT2D eigenvalue weighted by Gasteiger charge is 2.34. The summed E-state index contributed by atoms with van der Waals surface area (Å²) in [4.78, 5) is 29.4. The van der Waals surface area contributed by atoms with E-state index in [0.717, 1.165) is 24.1 Å². The van der Waals surface area contributed by atoms with Crippen LogP contribution in [0.15, 0.2) is 12.1 Å². The molecule has 0 aliphatic carbocycles. The van der Waals surface area contributed by atoms with Crippen molar-refractivity contribution in [2.24, 2.45) is 11.7 Å². The van der Waals surface area contributed by atoms with Gasteiger partial charge < -0.3 is 5.73 Å². The van der Waals surface area contributed by atoms with Crippen molar-refractivity contribution in [2.75, 3.05) is 18.4 Å². The van der Waals surface area contributed by atoms with Gasteiger partial charge in [0.25, 0.3) is 5.91 Å². The Balaban J connectivity index is 0.00000312. The van der Waals surface area contributed by atoms with Crippen molar-refractivity contribution in [1.29, 1.82) is 0 Å². The zero-order valence-corrected chi connectivity index (χ0v) is 16.1. The van der Waals surface area contributed by atoms with E-state index in [1.165, 1.54) is 10.0 Å². The average molecular weight is 370 g/mol. The third kappa shape index (κ3) is 5.06. The fourth-order valence-corrected chi connectivity index (χ4v) is 2.80. The minimum absolute atomic E-state index is 0. The number of urea groups is 1. The van der Waals surface area contributed by atoms with Crippen molar-refractivity contribution < 1.29 is 9.59 Å². The topological polar surface area (TPSA) is 91.6 Å². The zero-order valence-electron chi connectivity index (χ0n) is 15.3. The Labute approximate surface area is 155 Å². The first-order chi connectivity index (χ1) is 11.3. The van der Waals surface area contributed by atoms with E-state index in [-0.39, 0.29) is 30.3 Å². The van der Waals surface area contributed by atoms with E-state index in [0.29, 0.717) is 18.9 Å². The number of carbonyl (C=O) groups excluding carboxylic acids is 2. The highest BCUT2D eigenvalue weighted by atomic mass is 35.5. The second-order valence-corrected chi connectivity index (χ2v) is 6.45. The number of rotatable bonds is 4. The molecule has 3 amide bonds. The highest BCUT2D eigenvalue weighted by molar-refractivity contribution is 5.91. The number of nitrogens with one attached hydrogen (secondary N) is 1. The number of hydrogen-bond acceptors (Lipinski definition) is 4. The molecular weight excluding hydrogens is 342 g/mol. The Kier molecular flexibility index (Phi) is 7.63. The molecule has 0 spiro atoms. The molecule has 2 unspecified atom stereocenters. The summed E-state index contributed by atoms with van der Waals surface area (Å²) in [7, 11) is 0. The third-order valence-electron chi connectivity index (χ3n) is 4.39. The third-order valence-corrected chi connectivity index (χ3v) is 4.39. The van der Waals surface area contributed by atoms with Gasteiger partial charge in [-0.25, -0.2) is 19.8 Å². The lowest BCUT2D eigenvalue weighted by atomic mass is 9.99. The molecule has 1 aliphatic heterocycles. The second kappa shape index (κ2) is 9.01. The zero-order chi connectivity index (χ0) is 17.9. The first-order valence-corrected chi connectivity index (χ1v) is 8.44. The van der Waals surface area contributed by atoms with Gasteiger partial charge in [0, 0.05) is 18.8 Å². The first-order valence-electron chi connectivity index (χ1n) is 8.44. The second-order valence-electron chi connectivity index (χ2n) is 6.45. The predicted octanol–water partition coefficient (Wildman–Crippen LogP) is 2.47. The van der Waals surface area contributed by atoms with Crippen LogP contribution in [-0.2, 0) is 4.79 Å². The Hall–Kier alpha value is -1.86. The van der Waals surface area contributed by atoms with E-state index in [1.807, 2.05) is 33.8 Å². The van der Waals surface area contributed by atoms with E-state index in [4.69, 9.17) is 5.73 Å². The normalized spacial score (nSPS) is 16.2. The predicted molar refractivity (Wildman–Crippen MR) is 100 cm³/mol. The number of carbonyl (C=O) groups is 2. The summed E-state index contributed by atoms with van der Waals surface area (Å²) in [6.45, 7) is 8.77. The smallest absolute Gasteiger partial charge is 0.320 e. The van der Waals surface area contributed by atoms with Crippen LogP contribution in [0.4, 0.5) is 10.6 Å². The van der Waals surface area contributed by atoms with Gasteiger partial charge in [0.2, 0.25) is 0 Å². The summed E-state index contributed by atoms with van der Waals surface area (Å²) < 4.78 is 0. The van der Waals surface area contributed by atoms with Gasteiger partial charge >= 0.3 is 6.03 Å². The molecule has 2 rings (SSSR count). The van der Waals surface area contributed by atoms with Gasteiger partial charge in [0.1, 0.15) is 5.82 Å². The molecule has 2 atom stereocenters. The molecule has 1 aliphatic rings. The number of aromatic nitrogens is 1. The maximum absolute atomic E-state index is 12.6. The maximum atomic E-state index is 12.6. The van der Waals surface area contributed by atoms with Gasteiger partial charge in [-0.3, -0.25) is 10.1 Å². The highest BCUT2D eigenvalue weighted by Crippen LogP contribution is 2.17. The van der Waals surface area contributed by atoms with Crippen molar-refractivity contribution in [3.63, 3.8) is 0 Å². The number of nitrogens with zero attached hydrogens (tertiary/aromatic N) is 3. The molecule has 1 aromatic heterocycles. The van der Waals surface area contributed by atoms with Gasteiger partial charge in [0.15, 0.2) is 0 Å². The molecule has 25 heavy (non-hydrogen) atoms. The molecule has 7 nitrogen and oxygen atoms in total. The van der Waals surface area contributed by atoms with Crippen LogP contribution in [0, 0.1) is 19.8 Å². The molecule has 1 saturated heterocycles. The van der Waals surface area contributed by atoms with Crippen LogP contribution < -0.4 is 11.1 Å². The number of aryl methyl sites for hydroxylation is 2. The lowest BCUT2D eigenvalue weighted by Gasteiger charge is -2.31. The average Bonchev–Trinajstić information content (AvgIpc) is 3.01. The van der Waals surface area contributed by atoms with E-state index in [1.54, 1.807) is 6.07 Å². The van der Waals surface area contributed by atoms with Gasteiger partial charge in [-0.05, 0) is 43.9 Å². The van der Waals surface area contributed by atoms with E-state index < -0.39 is 6.04 Å². The standard InChI is InChI=1S/C17H27N5O2.ClH/c1-5-12(3)15(18)16(23)21-7-6-8-22(21)17(24)20-14-10-11(2)9-13(4)19-14;/h9-10,12,15H,5-8,18H2,1-4H3,(H,19,20,24);1H. The van der Waals surface area contributed by atoms with Gasteiger partial charge in [-0.2, -0.15) is 0 Å². The van der Waals surface area contributed by atoms with Crippen LogP contribution >= 0.6 is 12.4 Å². The number of hydrazine groups is 1. The molecule has 0 aromatic carbocycles. The molecule has 1 fully saturated rings. The van der Waals surface area contributed by atoms with Crippen molar-refractivity contribution in [3.8, 4) is 0 Å². The molecule has 8 heteroatoms. The van der Waals surface area contributed by atoms with Crippen LogP contribution in [0.25, 0.3) is 0 Å². The Bertz CT molecular complexity index is 605. The monoisotopic (exact) mass is 369 g/mol. The number of hydrogen-bond donors (Lipinski definition) is 2. The lowest BCUT2D eigenvalue weighted by Crippen LogP contribution is -2.53. The summed E-state index contributed by atoms with van der Waals surface area (Å²) in [5, 5.41) is 5.68. The van der Waals surface area contributed by atoms with Crippen molar-refractivity contribution in [3.05, 3.63) is 23.4 Å². The number of halogens is 1. The quantitative estimate of drug-likeness (QED) is 0.852. The SMILES string of the molecule is CCC(C)C(N)C(=O)N1CCCN1C(=O)Nc1cc(C)cc(C)n1.Cl. The summed E-state index contributed by atoms with van der Waals surface area (Å²) in [5.41, 5.74) is 7.90. The fraction of sp³-hybridized carbons (Fsp3) is 0.588. The molecular formula is C17H28ClN5O2. The van der Waals surface area contributed by atoms with Crippen molar-refractivity contribution >= 4 is 30.2 Å². The molecule has 3 N–H and O–H groups in total.